The summed E-state index contributed by atoms with van der Waals surface area (Å²) in [6, 6.07) is 8.29. The molecule has 3 aromatic heterocycles. The summed E-state index contributed by atoms with van der Waals surface area (Å²) in [5, 5.41) is 16.5. The number of hydrogen-bond acceptors (Lipinski definition) is 5. The average Bonchev–Trinajstić information content (AvgIpc) is 3.35. The summed E-state index contributed by atoms with van der Waals surface area (Å²) in [5.41, 5.74) is 2.41. The van der Waals surface area contributed by atoms with Gasteiger partial charge in [-0.15, -0.1) is 11.3 Å². The van der Waals surface area contributed by atoms with E-state index in [0.717, 1.165) is 26.2 Å². The normalized spacial score (nSPS) is 18.9. The van der Waals surface area contributed by atoms with Crippen molar-refractivity contribution in [1.29, 1.82) is 5.41 Å². The van der Waals surface area contributed by atoms with Crippen molar-refractivity contribution >= 4 is 50.3 Å². The highest BCUT2D eigenvalue weighted by Gasteiger charge is 2.35. The zero-order valence-electron chi connectivity index (χ0n) is 17.1. The Balaban J connectivity index is 1.58. The predicted octanol–water partition coefficient (Wildman–Crippen LogP) is 4.33. The molecule has 7 nitrogen and oxygen atoms in total. The molecule has 1 fully saturated rings. The Hall–Kier alpha value is -2.66. The third kappa shape index (κ3) is 3.43. The molecule has 2 atom stereocenters. The van der Waals surface area contributed by atoms with Crippen LogP contribution in [0, 0.1) is 11.2 Å². The zero-order chi connectivity index (χ0) is 22.6. The Kier molecular flexibility index (Phi) is 5.32. The van der Waals surface area contributed by atoms with Crippen LogP contribution in [0.2, 0.25) is 5.02 Å². The molecule has 164 valence electrons. The van der Waals surface area contributed by atoms with Crippen molar-refractivity contribution in [2.24, 2.45) is 7.05 Å². The van der Waals surface area contributed by atoms with Crippen molar-refractivity contribution in [2.45, 2.75) is 6.04 Å². The lowest BCUT2D eigenvalue weighted by molar-refractivity contribution is 0.507. The Morgan fingerprint density at radius 3 is 2.78 bits per heavy atom. The van der Waals surface area contributed by atoms with Gasteiger partial charge in [-0.3, -0.25) is 15.1 Å². The number of benzene rings is 1. The van der Waals surface area contributed by atoms with Crippen LogP contribution in [-0.2, 0) is 18.4 Å². The molecular weight excluding hydrogens is 471 g/mol. The molecule has 4 heterocycles. The van der Waals surface area contributed by atoms with Crippen LogP contribution in [0.15, 0.2) is 42.7 Å². The van der Waals surface area contributed by atoms with Crippen molar-refractivity contribution in [1.82, 2.24) is 24.4 Å². The van der Waals surface area contributed by atoms with E-state index in [1.807, 2.05) is 19.2 Å². The quantitative estimate of drug-likeness (QED) is 0.419. The highest BCUT2D eigenvalue weighted by atomic mass is 35.5. The molecule has 1 aliphatic rings. The highest BCUT2D eigenvalue weighted by molar-refractivity contribution is 7.89. The van der Waals surface area contributed by atoms with E-state index in [1.165, 1.54) is 21.7 Å². The summed E-state index contributed by atoms with van der Waals surface area (Å²) in [6.07, 6.45) is 3.28. The van der Waals surface area contributed by atoms with Crippen molar-refractivity contribution in [3.05, 3.63) is 58.4 Å². The van der Waals surface area contributed by atoms with Gasteiger partial charge in [0.05, 0.1) is 44.4 Å². The lowest BCUT2D eigenvalue weighted by Crippen LogP contribution is -2.51. The fourth-order valence-corrected chi connectivity index (χ4v) is 6.57. The summed E-state index contributed by atoms with van der Waals surface area (Å²) < 4.78 is 31.4. The first-order valence-electron chi connectivity index (χ1n) is 9.67. The summed E-state index contributed by atoms with van der Waals surface area (Å²) in [4.78, 5) is 5.21. The van der Waals surface area contributed by atoms with Gasteiger partial charge in [0.1, 0.15) is 11.9 Å². The van der Waals surface area contributed by atoms with Crippen LogP contribution in [-0.4, -0.2) is 42.4 Å². The van der Waals surface area contributed by atoms with Gasteiger partial charge >= 0.3 is 0 Å². The lowest BCUT2D eigenvalue weighted by atomic mass is 10.0. The van der Waals surface area contributed by atoms with Crippen LogP contribution in [0.25, 0.3) is 32.6 Å². The number of aryl methyl sites for hydroxylation is 1. The number of guanidine groups is 1. The molecule has 0 aliphatic carbocycles. The molecule has 1 aliphatic heterocycles. The minimum absolute atomic E-state index is 0.0725. The van der Waals surface area contributed by atoms with Gasteiger partial charge in [-0.2, -0.15) is 9.40 Å². The smallest absolute Gasteiger partial charge is 0.234 e. The summed E-state index contributed by atoms with van der Waals surface area (Å²) >= 11 is 6.74. The van der Waals surface area contributed by atoms with E-state index >= 15 is 4.39 Å². The van der Waals surface area contributed by atoms with E-state index in [2.05, 4.69) is 15.4 Å². The fraction of sp³-hybridized carbons (Fsp3) is 0.190. The minimum atomic E-state index is -1.33. The fourth-order valence-electron chi connectivity index (χ4n) is 3.75. The number of nitrogens with one attached hydrogen (secondary N) is 2. The third-order valence-corrected chi connectivity index (χ3v) is 8.72. The van der Waals surface area contributed by atoms with Gasteiger partial charge in [0.25, 0.3) is 0 Å². The van der Waals surface area contributed by atoms with Gasteiger partial charge < -0.3 is 9.87 Å². The molecule has 1 saturated heterocycles. The first kappa shape index (κ1) is 21.2. The molecule has 4 aromatic rings. The molecule has 0 saturated carbocycles. The second kappa shape index (κ2) is 8.04. The summed E-state index contributed by atoms with van der Waals surface area (Å²) in [7, 11) is 3.41. The van der Waals surface area contributed by atoms with E-state index in [1.54, 1.807) is 36.3 Å². The monoisotopic (exact) mass is 488 g/mol. The lowest BCUT2D eigenvalue weighted by Gasteiger charge is -2.32. The van der Waals surface area contributed by atoms with Crippen LogP contribution in [0.4, 0.5) is 4.39 Å². The number of nitrogens with zero attached hydrogens (tertiary/aromatic N) is 4. The van der Waals surface area contributed by atoms with E-state index in [9.17, 15) is 4.55 Å². The Morgan fingerprint density at radius 1 is 1.28 bits per heavy atom. The Morgan fingerprint density at radius 2 is 2.09 bits per heavy atom. The maximum absolute atomic E-state index is 15.2. The van der Waals surface area contributed by atoms with Gasteiger partial charge in [-0.1, -0.05) is 17.7 Å². The van der Waals surface area contributed by atoms with Crippen molar-refractivity contribution in [3.8, 4) is 22.5 Å². The summed E-state index contributed by atoms with van der Waals surface area (Å²) in [5.74, 6) is -0.0274. The molecule has 0 bridgehead atoms. The molecule has 0 spiro atoms. The minimum Gasteiger partial charge on any atom is -0.593 e. The SMILES string of the molecule is CN1C(=N)NC(c2sc3c(-c4ccc(-c5ccnn5C)cc4F)nccc3c2Cl)C[S+]1[O-]. The number of fused-ring (bicyclic) bond motifs is 1. The van der Waals surface area contributed by atoms with E-state index in [0.29, 0.717) is 22.0 Å². The molecule has 1 aromatic carbocycles. The number of aromatic nitrogens is 3. The van der Waals surface area contributed by atoms with Crippen molar-refractivity contribution in [2.75, 3.05) is 12.8 Å². The number of thiophene rings is 1. The number of hydrogen-bond donors (Lipinski definition) is 2. The molecule has 0 radical (unpaired) electrons. The van der Waals surface area contributed by atoms with Crippen molar-refractivity contribution < 1.29 is 8.94 Å². The Bertz CT molecular complexity index is 1360. The second-order valence-corrected chi connectivity index (χ2v) is 10.3. The topological polar surface area (TPSA) is 92.9 Å². The molecule has 2 N–H and O–H groups in total. The van der Waals surface area contributed by atoms with Crippen LogP contribution >= 0.6 is 22.9 Å². The van der Waals surface area contributed by atoms with Gasteiger partial charge in [-0.05, 0) is 24.3 Å². The van der Waals surface area contributed by atoms with Gasteiger partial charge in [0.2, 0.25) is 5.96 Å². The van der Waals surface area contributed by atoms with Gasteiger partial charge in [0, 0.05) is 36.0 Å². The number of rotatable bonds is 3. The average molecular weight is 489 g/mol. The van der Waals surface area contributed by atoms with Crippen molar-refractivity contribution in [3.63, 3.8) is 0 Å². The van der Waals surface area contributed by atoms with Crippen LogP contribution in [0.5, 0.6) is 0 Å². The van der Waals surface area contributed by atoms with Gasteiger partial charge in [-0.25, -0.2) is 4.39 Å². The predicted molar refractivity (Wildman–Crippen MR) is 127 cm³/mol. The van der Waals surface area contributed by atoms with E-state index in [4.69, 9.17) is 17.0 Å². The number of halogens is 2. The number of pyridine rings is 1. The van der Waals surface area contributed by atoms with Crippen LogP contribution in [0.3, 0.4) is 0 Å². The first-order chi connectivity index (χ1) is 15.3. The standard InChI is InChI=1S/C21H18ClFN6OS2/c1-28-16(6-8-26-28)11-3-4-12(14(23)9-11)18-19-13(5-7-25-18)17(22)20(31-19)15-10-32(30)29(2)21(24)27-15/h3-9,15H,10H2,1-2H3,(H2,24,27). The highest BCUT2D eigenvalue weighted by Crippen LogP contribution is 2.44. The molecule has 0 amide bonds. The molecule has 11 heteroatoms. The van der Waals surface area contributed by atoms with E-state index in [-0.39, 0.29) is 12.0 Å². The largest absolute Gasteiger partial charge is 0.593 e. The Labute approximate surface area is 195 Å². The van der Waals surface area contributed by atoms with Crippen LogP contribution in [0.1, 0.15) is 10.9 Å². The van der Waals surface area contributed by atoms with Gasteiger partial charge in [0.15, 0.2) is 5.75 Å². The molecule has 2 unspecified atom stereocenters. The third-order valence-electron chi connectivity index (χ3n) is 5.47. The van der Waals surface area contributed by atoms with E-state index < -0.39 is 17.2 Å². The molecule has 5 rings (SSSR count). The second-order valence-electron chi connectivity index (χ2n) is 7.38. The maximum Gasteiger partial charge on any atom is 0.234 e. The first-order valence-corrected chi connectivity index (χ1v) is 12.1. The maximum atomic E-state index is 15.2. The zero-order valence-corrected chi connectivity index (χ0v) is 19.5. The van der Waals surface area contributed by atoms with Crippen LogP contribution < -0.4 is 5.32 Å². The summed E-state index contributed by atoms with van der Waals surface area (Å²) in [6.45, 7) is 0. The molecule has 32 heavy (non-hydrogen) atoms. The molecular formula is C21H18ClFN6OS2.